The molecule has 1 atom stereocenters. The zero-order chi connectivity index (χ0) is 18.7. The molecule has 1 rings (SSSR count). The average Bonchev–Trinajstić information content (AvgIpc) is 2.57. The molecule has 0 fully saturated rings. The van der Waals surface area contributed by atoms with E-state index in [2.05, 4.69) is 10.1 Å². The van der Waals surface area contributed by atoms with E-state index in [4.69, 9.17) is 16.3 Å². The Hall–Kier alpha value is -1.28. The van der Waals surface area contributed by atoms with Crippen LogP contribution in [0.2, 0.25) is 5.02 Å². The van der Waals surface area contributed by atoms with Crippen LogP contribution in [0.1, 0.15) is 44.1 Å². The average molecular weight is 394 g/mol. The number of hydrogen-bond acceptors (Lipinski definition) is 6. The van der Waals surface area contributed by atoms with Gasteiger partial charge in [-0.25, -0.2) is 4.79 Å². The van der Waals surface area contributed by atoms with Crippen molar-refractivity contribution in [2.75, 3.05) is 13.3 Å². The minimum atomic E-state index is -1.25. The predicted molar refractivity (Wildman–Crippen MR) is 88.8 cm³/mol. The zero-order valence-electron chi connectivity index (χ0n) is 15.0. The number of carbonyl (C=O) groups excluding carboxylic acids is 3. The number of carbonyl (C=O) groups is 3. The second-order valence-corrected chi connectivity index (χ2v) is 5.74. The normalized spacial score (nSPS) is 11.0. The van der Waals surface area contributed by atoms with Crippen molar-refractivity contribution >= 4 is 29.6 Å². The number of benzene rings is 1. The first-order valence-corrected chi connectivity index (χ1v) is 8.34. The van der Waals surface area contributed by atoms with Gasteiger partial charge in [0.1, 0.15) is 0 Å². The van der Waals surface area contributed by atoms with Crippen LogP contribution in [0.25, 0.3) is 0 Å². The Morgan fingerprint density at radius 1 is 1.19 bits per heavy atom. The summed E-state index contributed by atoms with van der Waals surface area (Å²) in [5.74, 6) is -2.57. The summed E-state index contributed by atoms with van der Waals surface area (Å²) in [5.41, 5.74) is 0.532. The van der Waals surface area contributed by atoms with Crippen molar-refractivity contribution < 1.29 is 58.5 Å². The zero-order valence-corrected chi connectivity index (χ0v) is 17.7. The number of hydrogen-bond donors (Lipinski definition) is 1. The Morgan fingerprint density at radius 2 is 1.85 bits per heavy atom. The molecule has 0 bridgehead atoms. The maximum atomic E-state index is 11.5. The van der Waals surface area contributed by atoms with Crippen LogP contribution in [-0.4, -0.2) is 31.4 Å². The van der Waals surface area contributed by atoms with E-state index >= 15 is 0 Å². The summed E-state index contributed by atoms with van der Waals surface area (Å²) < 4.78 is 9.41. The molecular weight excluding hydrogens is 373 g/mol. The number of amides is 1. The fourth-order valence-electron chi connectivity index (χ4n) is 2.03. The van der Waals surface area contributed by atoms with Crippen LogP contribution in [0.15, 0.2) is 24.3 Å². The molecule has 0 aromatic heterocycles. The molecule has 0 heterocycles. The van der Waals surface area contributed by atoms with Crippen LogP contribution >= 0.6 is 11.6 Å². The van der Waals surface area contributed by atoms with Crippen molar-refractivity contribution in [3.63, 3.8) is 0 Å². The first-order valence-electron chi connectivity index (χ1n) is 7.96. The van der Waals surface area contributed by atoms with E-state index in [1.165, 1.54) is 0 Å². The molecule has 9 heteroatoms. The molecule has 0 aliphatic carbocycles. The molecule has 1 aromatic carbocycles. The molecule has 0 saturated carbocycles. The fourth-order valence-corrected chi connectivity index (χ4v) is 2.15. The Kier molecular flexibility index (Phi) is 13.2. The monoisotopic (exact) mass is 393 g/mol. The van der Waals surface area contributed by atoms with Gasteiger partial charge in [0.25, 0.3) is 0 Å². The second kappa shape index (κ2) is 13.9. The maximum absolute atomic E-state index is 11.5. The molecular formula is C17H21ClNNaO6. The quantitative estimate of drug-likeness (QED) is 0.310. The van der Waals surface area contributed by atoms with Gasteiger partial charge in [-0.15, -0.1) is 0 Å². The molecule has 0 aliphatic rings. The third-order valence-corrected chi connectivity index (χ3v) is 3.66. The molecule has 1 unspecified atom stereocenters. The van der Waals surface area contributed by atoms with Gasteiger partial charge in [-0.05, 0) is 30.5 Å². The molecule has 0 radical (unpaired) electrons. The van der Waals surface area contributed by atoms with Crippen LogP contribution in [0.5, 0.6) is 0 Å². The van der Waals surface area contributed by atoms with Crippen molar-refractivity contribution in [1.29, 1.82) is 0 Å². The number of unbranched alkanes of at least 4 members (excludes halogenated alkanes) is 1. The van der Waals surface area contributed by atoms with E-state index in [0.29, 0.717) is 17.0 Å². The maximum Gasteiger partial charge on any atom is 1.00 e. The van der Waals surface area contributed by atoms with Gasteiger partial charge in [0, 0.05) is 29.9 Å². The van der Waals surface area contributed by atoms with E-state index < -0.39 is 30.7 Å². The number of carboxylic acid groups (broad SMARTS) is 1. The third kappa shape index (κ3) is 10.0. The molecule has 1 N–H and O–H groups in total. The number of alkyl carbamates (subject to hydrolysis) is 1. The largest absolute Gasteiger partial charge is 1.00 e. The Bertz CT molecular complexity index is 581. The molecule has 1 amide bonds. The standard InChI is InChI=1S/C17H22ClNO6.Na/c1-2-3-4-15(20)24-11-25-17(23)19-10-9-14(16(21)22)12-5-7-13(18)8-6-12;/h5-8,14H,2-4,9-11H2,1H3,(H,19,23)(H,21,22);/q;+1/p-1. The number of rotatable bonds is 10. The van der Waals surface area contributed by atoms with Gasteiger partial charge in [-0.1, -0.05) is 37.1 Å². The molecule has 0 spiro atoms. The van der Waals surface area contributed by atoms with Gasteiger partial charge in [0.2, 0.25) is 6.79 Å². The van der Waals surface area contributed by atoms with Crippen molar-refractivity contribution in [2.24, 2.45) is 0 Å². The van der Waals surface area contributed by atoms with Gasteiger partial charge < -0.3 is 24.7 Å². The predicted octanol–water partition coefficient (Wildman–Crippen LogP) is -1.02. The van der Waals surface area contributed by atoms with Crippen LogP contribution in [0, 0.1) is 0 Å². The first-order chi connectivity index (χ1) is 11.9. The molecule has 1 aromatic rings. The fraction of sp³-hybridized carbons (Fsp3) is 0.471. The van der Waals surface area contributed by atoms with Gasteiger partial charge in [-0.2, -0.15) is 0 Å². The summed E-state index contributed by atoms with van der Waals surface area (Å²) in [5, 5.41) is 14.1. The smallest absolute Gasteiger partial charge is 0.549 e. The van der Waals surface area contributed by atoms with Crippen LogP contribution in [0.4, 0.5) is 4.79 Å². The Balaban J connectivity index is 0.00000625. The summed E-state index contributed by atoms with van der Waals surface area (Å²) in [6, 6.07) is 6.36. The van der Waals surface area contributed by atoms with Gasteiger partial charge >= 0.3 is 41.6 Å². The summed E-state index contributed by atoms with van der Waals surface area (Å²) in [4.78, 5) is 33.9. The third-order valence-electron chi connectivity index (χ3n) is 3.40. The molecule has 7 nitrogen and oxygen atoms in total. The number of aliphatic carboxylic acids is 1. The summed E-state index contributed by atoms with van der Waals surface area (Å²) in [6.45, 7) is 1.53. The van der Waals surface area contributed by atoms with Crippen LogP contribution < -0.4 is 40.0 Å². The number of halogens is 1. The number of ether oxygens (including phenoxy) is 2. The number of carboxylic acids is 1. The molecule has 0 saturated heterocycles. The van der Waals surface area contributed by atoms with E-state index in [1.54, 1.807) is 24.3 Å². The summed E-state index contributed by atoms with van der Waals surface area (Å²) in [7, 11) is 0. The van der Waals surface area contributed by atoms with Crippen molar-refractivity contribution in [2.45, 2.75) is 38.5 Å². The summed E-state index contributed by atoms with van der Waals surface area (Å²) >= 11 is 5.77. The molecule has 26 heavy (non-hydrogen) atoms. The van der Waals surface area contributed by atoms with Gasteiger partial charge in [-0.3, -0.25) is 4.79 Å². The van der Waals surface area contributed by atoms with Gasteiger partial charge in [0.15, 0.2) is 0 Å². The molecule has 0 aliphatic heterocycles. The van der Waals surface area contributed by atoms with E-state index in [9.17, 15) is 19.5 Å². The first kappa shape index (κ1) is 24.7. The Morgan fingerprint density at radius 3 is 2.42 bits per heavy atom. The second-order valence-electron chi connectivity index (χ2n) is 5.31. The van der Waals surface area contributed by atoms with E-state index in [0.717, 1.165) is 6.42 Å². The van der Waals surface area contributed by atoms with E-state index in [-0.39, 0.29) is 48.9 Å². The van der Waals surface area contributed by atoms with Crippen molar-refractivity contribution in [3.05, 3.63) is 34.9 Å². The van der Waals surface area contributed by atoms with Crippen LogP contribution in [0.3, 0.4) is 0 Å². The Labute approximate surface area is 179 Å². The van der Waals surface area contributed by atoms with Gasteiger partial charge in [0.05, 0.1) is 0 Å². The number of esters is 1. The number of nitrogens with one attached hydrogen (secondary N) is 1. The molecule has 138 valence electrons. The summed E-state index contributed by atoms with van der Waals surface area (Å²) in [6.07, 6.45) is 1.17. The van der Waals surface area contributed by atoms with Crippen molar-refractivity contribution in [1.82, 2.24) is 5.32 Å². The minimum absolute atomic E-state index is 0. The minimum Gasteiger partial charge on any atom is -0.549 e. The van der Waals surface area contributed by atoms with Crippen molar-refractivity contribution in [3.8, 4) is 0 Å². The van der Waals surface area contributed by atoms with Crippen LogP contribution in [-0.2, 0) is 19.1 Å². The SMILES string of the molecule is CCCCC(=O)OCOC(=O)NCCC(C(=O)[O-])c1ccc(Cl)cc1.[Na+]. The van der Waals surface area contributed by atoms with E-state index in [1.807, 2.05) is 6.92 Å². The topological polar surface area (TPSA) is 105 Å².